The predicted octanol–water partition coefficient (Wildman–Crippen LogP) is -0.557. The first-order chi connectivity index (χ1) is 6.06. The standard InChI is InChI=1S/C8H10N2O3/c1-3-5(11)9-6-4(2)7(12)10-8(6)13/h3H2,1-2H3,(H2,9,10,11,12,13). The maximum Gasteiger partial charge on any atom is 0.275 e. The van der Waals surface area contributed by atoms with Crippen molar-refractivity contribution in [3.8, 4) is 0 Å². The second kappa shape index (κ2) is 3.38. The molecule has 0 aromatic heterocycles. The summed E-state index contributed by atoms with van der Waals surface area (Å²) in [7, 11) is 0. The number of carbonyl (C=O) groups excluding carboxylic acids is 3. The van der Waals surface area contributed by atoms with Gasteiger partial charge in [-0.2, -0.15) is 0 Å². The Bertz CT molecular complexity index is 317. The lowest BCUT2D eigenvalue weighted by Crippen LogP contribution is -2.30. The topological polar surface area (TPSA) is 75.3 Å². The summed E-state index contributed by atoms with van der Waals surface area (Å²) < 4.78 is 0. The minimum Gasteiger partial charge on any atom is -0.321 e. The summed E-state index contributed by atoms with van der Waals surface area (Å²) in [6.45, 7) is 3.16. The SMILES string of the molecule is CCC(=O)NC1=C(C)C(=O)NC1=O. The summed E-state index contributed by atoms with van der Waals surface area (Å²) >= 11 is 0. The van der Waals surface area contributed by atoms with Crippen LogP contribution in [0.15, 0.2) is 11.3 Å². The van der Waals surface area contributed by atoms with Gasteiger partial charge in [0.05, 0.1) is 0 Å². The van der Waals surface area contributed by atoms with Crippen LogP contribution in [0.2, 0.25) is 0 Å². The second-order valence-electron chi connectivity index (χ2n) is 2.68. The summed E-state index contributed by atoms with van der Waals surface area (Å²) in [5, 5.41) is 4.45. The lowest BCUT2D eigenvalue weighted by molar-refractivity contribution is -0.126. The normalized spacial score (nSPS) is 16.2. The number of amides is 3. The fourth-order valence-electron chi connectivity index (χ4n) is 0.922. The first kappa shape index (κ1) is 9.44. The van der Waals surface area contributed by atoms with Crippen molar-refractivity contribution in [2.24, 2.45) is 0 Å². The largest absolute Gasteiger partial charge is 0.321 e. The van der Waals surface area contributed by atoms with Gasteiger partial charge in [0, 0.05) is 12.0 Å². The molecule has 0 unspecified atom stereocenters. The Morgan fingerprint density at radius 2 is 2.00 bits per heavy atom. The number of hydrogen-bond donors (Lipinski definition) is 2. The molecule has 5 heteroatoms. The van der Waals surface area contributed by atoms with E-state index in [9.17, 15) is 14.4 Å². The fourth-order valence-corrected chi connectivity index (χ4v) is 0.922. The van der Waals surface area contributed by atoms with Gasteiger partial charge >= 0.3 is 0 Å². The molecule has 0 bridgehead atoms. The molecule has 3 amide bonds. The third-order valence-electron chi connectivity index (χ3n) is 1.76. The van der Waals surface area contributed by atoms with Crippen molar-refractivity contribution in [1.82, 2.24) is 10.6 Å². The van der Waals surface area contributed by atoms with E-state index in [-0.39, 0.29) is 23.6 Å². The number of hydrogen-bond acceptors (Lipinski definition) is 3. The molecule has 0 aliphatic carbocycles. The van der Waals surface area contributed by atoms with Crippen LogP contribution in [0.5, 0.6) is 0 Å². The average molecular weight is 182 g/mol. The molecule has 0 saturated heterocycles. The Morgan fingerprint density at radius 3 is 2.38 bits per heavy atom. The maximum absolute atomic E-state index is 11.0. The first-order valence-electron chi connectivity index (χ1n) is 3.92. The second-order valence-corrected chi connectivity index (χ2v) is 2.68. The summed E-state index contributed by atoms with van der Waals surface area (Å²) in [5.74, 6) is -1.26. The highest BCUT2D eigenvalue weighted by molar-refractivity contribution is 6.19. The molecule has 1 aliphatic rings. The van der Waals surface area contributed by atoms with Gasteiger partial charge in [-0.1, -0.05) is 6.92 Å². The highest BCUT2D eigenvalue weighted by atomic mass is 16.2. The van der Waals surface area contributed by atoms with Crippen molar-refractivity contribution >= 4 is 17.7 Å². The van der Waals surface area contributed by atoms with Gasteiger partial charge in [0.25, 0.3) is 11.8 Å². The fraction of sp³-hybridized carbons (Fsp3) is 0.375. The first-order valence-corrected chi connectivity index (χ1v) is 3.92. The van der Waals surface area contributed by atoms with Gasteiger partial charge in [-0.05, 0) is 6.92 Å². The molecule has 1 heterocycles. The molecule has 0 radical (unpaired) electrons. The van der Waals surface area contributed by atoms with Crippen LogP contribution in [-0.2, 0) is 14.4 Å². The number of rotatable bonds is 2. The predicted molar refractivity (Wildman–Crippen MR) is 44.3 cm³/mol. The zero-order valence-electron chi connectivity index (χ0n) is 7.43. The van der Waals surface area contributed by atoms with Gasteiger partial charge in [0.1, 0.15) is 5.70 Å². The molecular formula is C8H10N2O3. The molecule has 1 aliphatic heterocycles. The van der Waals surface area contributed by atoms with Crippen molar-refractivity contribution in [3.63, 3.8) is 0 Å². The van der Waals surface area contributed by atoms with Crippen LogP contribution in [0.4, 0.5) is 0 Å². The van der Waals surface area contributed by atoms with E-state index in [1.54, 1.807) is 6.92 Å². The van der Waals surface area contributed by atoms with Crippen molar-refractivity contribution in [2.45, 2.75) is 20.3 Å². The average Bonchev–Trinajstić information content (AvgIpc) is 2.32. The van der Waals surface area contributed by atoms with Crippen LogP contribution >= 0.6 is 0 Å². The van der Waals surface area contributed by atoms with Gasteiger partial charge in [-0.15, -0.1) is 0 Å². The van der Waals surface area contributed by atoms with E-state index in [0.717, 1.165) is 0 Å². The van der Waals surface area contributed by atoms with Crippen molar-refractivity contribution < 1.29 is 14.4 Å². The van der Waals surface area contributed by atoms with E-state index in [1.807, 2.05) is 0 Å². The Labute approximate surface area is 75.2 Å². The van der Waals surface area contributed by atoms with Crippen LogP contribution in [0.1, 0.15) is 20.3 Å². The highest BCUT2D eigenvalue weighted by Crippen LogP contribution is 2.08. The van der Waals surface area contributed by atoms with E-state index in [4.69, 9.17) is 0 Å². The maximum atomic E-state index is 11.0. The van der Waals surface area contributed by atoms with E-state index >= 15 is 0 Å². The summed E-state index contributed by atoms with van der Waals surface area (Å²) in [6, 6.07) is 0. The molecule has 0 spiro atoms. The van der Waals surface area contributed by atoms with E-state index < -0.39 is 11.8 Å². The Balaban J connectivity index is 2.84. The lowest BCUT2D eigenvalue weighted by atomic mass is 10.2. The molecule has 70 valence electrons. The van der Waals surface area contributed by atoms with Crippen LogP contribution in [0.25, 0.3) is 0 Å². The van der Waals surface area contributed by atoms with Gasteiger partial charge < -0.3 is 5.32 Å². The molecule has 0 aromatic carbocycles. The zero-order valence-corrected chi connectivity index (χ0v) is 7.43. The lowest BCUT2D eigenvalue weighted by Gasteiger charge is -2.01. The van der Waals surface area contributed by atoms with Crippen LogP contribution in [0.3, 0.4) is 0 Å². The Hall–Kier alpha value is -1.65. The Kier molecular flexibility index (Phi) is 2.46. The smallest absolute Gasteiger partial charge is 0.275 e. The summed E-state index contributed by atoms with van der Waals surface area (Å²) in [4.78, 5) is 32.9. The van der Waals surface area contributed by atoms with Crippen LogP contribution in [-0.4, -0.2) is 17.7 Å². The van der Waals surface area contributed by atoms with Crippen molar-refractivity contribution in [2.75, 3.05) is 0 Å². The number of nitrogens with one attached hydrogen (secondary N) is 2. The van der Waals surface area contributed by atoms with Crippen LogP contribution < -0.4 is 10.6 Å². The highest BCUT2D eigenvalue weighted by Gasteiger charge is 2.27. The molecule has 1 rings (SSSR count). The van der Waals surface area contributed by atoms with Crippen molar-refractivity contribution in [3.05, 3.63) is 11.3 Å². The molecule has 5 nitrogen and oxygen atoms in total. The molecule has 0 aromatic rings. The van der Waals surface area contributed by atoms with Gasteiger partial charge in [0.2, 0.25) is 5.91 Å². The molecule has 13 heavy (non-hydrogen) atoms. The number of carbonyl (C=O) groups is 3. The third-order valence-corrected chi connectivity index (χ3v) is 1.76. The quantitative estimate of drug-likeness (QED) is 0.562. The van der Waals surface area contributed by atoms with Gasteiger partial charge in [0.15, 0.2) is 0 Å². The Morgan fingerprint density at radius 1 is 1.38 bits per heavy atom. The molecule has 2 N–H and O–H groups in total. The molecule has 0 saturated carbocycles. The summed E-state index contributed by atoms with van der Waals surface area (Å²) in [5.41, 5.74) is 0.323. The van der Waals surface area contributed by atoms with E-state index in [2.05, 4.69) is 10.6 Å². The minimum absolute atomic E-state index is 0.0665. The monoisotopic (exact) mass is 182 g/mol. The van der Waals surface area contributed by atoms with Crippen LogP contribution in [0, 0.1) is 0 Å². The minimum atomic E-state index is -0.538. The molecule has 0 fully saturated rings. The van der Waals surface area contributed by atoms with Crippen molar-refractivity contribution in [1.29, 1.82) is 0 Å². The molecule has 0 atom stereocenters. The zero-order chi connectivity index (χ0) is 10.0. The molecular weight excluding hydrogens is 172 g/mol. The summed E-state index contributed by atoms with van der Waals surface area (Å²) in [6.07, 6.45) is 0.276. The van der Waals surface area contributed by atoms with Gasteiger partial charge in [-0.3, -0.25) is 19.7 Å². The van der Waals surface area contributed by atoms with E-state index in [1.165, 1.54) is 6.92 Å². The van der Waals surface area contributed by atoms with Gasteiger partial charge in [-0.25, -0.2) is 0 Å². The third kappa shape index (κ3) is 1.74. The number of imide groups is 1. The van der Waals surface area contributed by atoms with E-state index in [0.29, 0.717) is 0 Å².